The number of aryl methyl sites for hydroxylation is 2. The second-order valence-electron chi connectivity index (χ2n) is 5.14. The molecule has 0 aliphatic rings. The summed E-state index contributed by atoms with van der Waals surface area (Å²) in [4.78, 5) is 25.3. The first-order valence-electron chi connectivity index (χ1n) is 6.86. The highest BCUT2D eigenvalue weighted by Gasteiger charge is 2.12. The summed E-state index contributed by atoms with van der Waals surface area (Å²) in [7, 11) is -3.75. The van der Waals surface area contributed by atoms with Gasteiger partial charge < -0.3 is 4.98 Å². The lowest BCUT2D eigenvalue weighted by Crippen LogP contribution is -2.12. The highest BCUT2D eigenvalue weighted by molar-refractivity contribution is 7.98. The van der Waals surface area contributed by atoms with Gasteiger partial charge in [0, 0.05) is 11.1 Å². The molecule has 0 fully saturated rings. The van der Waals surface area contributed by atoms with E-state index < -0.39 is 10.0 Å². The van der Waals surface area contributed by atoms with Crippen molar-refractivity contribution in [2.45, 2.75) is 29.5 Å². The van der Waals surface area contributed by atoms with Crippen molar-refractivity contribution in [1.29, 1.82) is 0 Å². The number of rotatable bonds is 4. The van der Waals surface area contributed by atoms with Crippen molar-refractivity contribution in [3.63, 3.8) is 0 Å². The molecule has 0 saturated carbocycles. The summed E-state index contributed by atoms with van der Waals surface area (Å²) in [5, 5.41) is 6.29. The van der Waals surface area contributed by atoms with Crippen LogP contribution in [-0.4, -0.2) is 23.4 Å². The molecule has 24 heavy (non-hydrogen) atoms. The second-order valence-corrected chi connectivity index (χ2v) is 8.90. The minimum absolute atomic E-state index is 0.0377. The van der Waals surface area contributed by atoms with Gasteiger partial charge in [-0.05, 0) is 31.5 Å². The number of hydrogen-bond acceptors (Lipinski definition) is 7. The van der Waals surface area contributed by atoms with Crippen LogP contribution in [0.15, 0.2) is 33.0 Å². The van der Waals surface area contributed by atoms with Crippen molar-refractivity contribution in [1.82, 2.24) is 15.0 Å². The van der Waals surface area contributed by atoms with Gasteiger partial charge >= 0.3 is 0 Å². The quantitative estimate of drug-likeness (QED) is 0.666. The summed E-state index contributed by atoms with van der Waals surface area (Å²) < 4.78 is 22.4. The van der Waals surface area contributed by atoms with Gasteiger partial charge in [-0.25, -0.2) is 23.5 Å². The number of hydrogen-bond donors (Lipinski definition) is 2. The fourth-order valence-electron chi connectivity index (χ4n) is 2.13. The Balaban J connectivity index is 1.82. The third-order valence-corrected chi connectivity index (χ3v) is 6.44. The molecule has 0 bridgehead atoms. The number of nitrogens with zero attached hydrogens (tertiary/aromatic N) is 2. The van der Waals surface area contributed by atoms with Crippen molar-refractivity contribution in [2.24, 2.45) is 5.14 Å². The van der Waals surface area contributed by atoms with Crippen LogP contribution in [0.25, 0.3) is 10.2 Å². The zero-order chi connectivity index (χ0) is 17.5. The fourth-order valence-corrected chi connectivity index (χ4v) is 4.35. The Kier molecular flexibility index (Phi) is 4.47. The van der Waals surface area contributed by atoms with E-state index in [2.05, 4.69) is 15.0 Å². The lowest BCUT2D eigenvalue weighted by molar-refractivity contribution is 0.597. The Morgan fingerprint density at radius 2 is 2.08 bits per heavy atom. The lowest BCUT2D eigenvalue weighted by Gasteiger charge is -2.02. The molecule has 3 aromatic heterocycles. The Labute approximate surface area is 146 Å². The number of nitrogens with two attached hydrogens (primary N) is 1. The topological polar surface area (TPSA) is 119 Å². The second kappa shape index (κ2) is 6.28. The minimum atomic E-state index is -3.75. The van der Waals surface area contributed by atoms with Crippen molar-refractivity contribution >= 4 is 43.3 Å². The largest absolute Gasteiger partial charge is 0.309 e. The molecule has 0 unspecified atom stereocenters. The van der Waals surface area contributed by atoms with E-state index in [0.717, 1.165) is 15.3 Å². The van der Waals surface area contributed by atoms with Crippen LogP contribution in [0, 0.1) is 13.8 Å². The molecule has 0 aliphatic heterocycles. The van der Waals surface area contributed by atoms with Crippen LogP contribution < -0.4 is 10.7 Å². The first-order valence-corrected chi connectivity index (χ1v) is 10.2. The zero-order valence-corrected chi connectivity index (χ0v) is 15.3. The van der Waals surface area contributed by atoms with Gasteiger partial charge in [-0.1, -0.05) is 11.8 Å². The maximum absolute atomic E-state index is 12.2. The normalized spacial score (nSPS) is 12.0. The number of thiophene rings is 1. The number of aromatic amines is 1. The number of pyridine rings is 1. The van der Waals surface area contributed by atoms with Gasteiger partial charge in [-0.15, -0.1) is 11.3 Å². The maximum Gasteiger partial charge on any atom is 0.259 e. The average Bonchev–Trinajstić information content (AvgIpc) is 2.80. The number of sulfonamides is 1. The molecular weight excluding hydrogens is 368 g/mol. The molecule has 7 nitrogen and oxygen atoms in total. The van der Waals surface area contributed by atoms with E-state index in [1.54, 1.807) is 6.07 Å². The number of H-pyrrole nitrogens is 1. The molecule has 3 aromatic rings. The molecular formula is C14H14N4O3S3. The van der Waals surface area contributed by atoms with Gasteiger partial charge in [-0.3, -0.25) is 4.79 Å². The van der Waals surface area contributed by atoms with Crippen LogP contribution in [0.4, 0.5) is 0 Å². The molecule has 3 rings (SSSR count). The van der Waals surface area contributed by atoms with E-state index in [1.165, 1.54) is 35.4 Å². The number of fused-ring (bicyclic) bond motifs is 1. The summed E-state index contributed by atoms with van der Waals surface area (Å²) in [5.41, 5.74) is 0.818. The zero-order valence-electron chi connectivity index (χ0n) is 12.9. The summed E-state index contributed by atoms with van der Waals surface area (Å²) in [6.45, 7) is 3.88. The van der Waals surface area contributed by atoms with Crippen LogP contribution in [0.3, 0.4) is 0 Å². The number of nitrogens with one attached hydrogen (secondary N) is 1. The van der Waals surface area contributed by atoms with Gasteiger partial charge in [0.15, 0.2) is 0 Å². The lowest BCUT2D eigenvalue weighted by atomic mass is 10.2. The first kappa shape index (κ1) is 17.1. The molecule has 0 amide bonds. The van der Waals surface area contributed by atoms with Crippen LogP contribution in [0.5, 0.6) is 0 Å². The summed E-state index contributed by atoms with van der Waals surface area (Å²) in [6, 6.07) is 2.97. The molecule has 0 saturated heterocycles. The van der Waals surface area contributed by atoms with Crippen LogP contribution in [0.1, 0.15) is 16.3 Å². The number of primary sulfonamides is 1. The van der Waals surface area contributed by atoms with Gasteiger partial charge in [0.2, 0.25) is 10.0 Å². The van der Waals surface area contributed by atoms with E-state index in [1.807, 2.05) is 13.8 Å². The molecule has 0 aliphatic carbocycles. The maximum atomic E-state index is 12.2. The van der Waals surface area contributed by atoms with Crippen LogP contribution in [0.2, 0.25) is 0 Å². The Hall–Kier alpha value is -1.75. The highest BCUT2D eigenvalue weighted by atomic mass is 32.2. The fraction of sp³-hybridized carbons (Fsp3) is 0.214. The molecule has 126 valence electrons. The van der Waals surface area contributed by atoms with Crippen molar-refractivity contribution in [3.8, 4) is 0 Å². The standard InChI is InChI=1S/C14H14N4O3S3/c1-7-8(2)23-14-12(7)13(19)17-10(18-14)6-22-11-4-3-9(5-16-11)24(15,20)21/h3-5H,6H2,1-2H3,(H2,15,20,21)(H,17,18,19). The average molecular weight is 382 g/mol. The monoisotopic (exact) mass is 382 g/mol. The van der Waals surface area contributed by atoms with Crippen LogP contribution >= 0.6 is 23.1 Å². The van der Waals surface area contributed by atoms with Gasteiger partial charge in [0.1, 0.15) is 15.6 Å². The van der Waals surface area contributed by atoms with Gasteiger partial charge in [0.25, 0.3) is 5.56 Å². The first-order chi connectivity index (χ1) is 11.3. The third kappa shape index (κ3) is 3.36. The van der Waals surface area contributed by atoms with Crippen molar-refractivity contribution < 1.29 is 8.42 Å². The molecule has 0 spiro atoms. The van der Waals surface area contributed by atoms with E-state index >= 15 is 0 Å². The van der Waals surface area contributed by atoms with Crippen LogP contribution in [-0.2, 0) is 15.8 Å². The van der Waals surface area contributed by atoms with E-state index in [4.69, 9.17) is 5.14 Å². The SMILES string of the molecule is Cc1sc2nc(CSc3ccc(S(N)(=O)=O)cn3)[nH]c(=O)c2c1C. The Morgan fingerprint density at radius 1 is 1.33 bits per heavy atom. The molecule has 3 heterocycles. The van der Waals surface area contributed by atoms with E-state index in [0.29, 0.717) is 22.0 Å². The number of thioether (sulfide) groups is 1. The summed E-state index contributed by atoms with van der Waals surface area (Å²) >= 11 is 2.84. The van der Waals surface area contributed by atoms with Gasteiger partial charge in [0.05, 0.1) is 16.2 Å². The third-order valence-electron chi connectivity index (χ3n) is 3.48. The van der Waals surface area contributed by atoms with Gasteiger partial charge in [-0.2, -0.15) is 0 Å². The van der Waals surface area contributed by atoms with Crippen molar-refractivity contribution in [2.75, 3.05) is 0 Å². The van der Waals surface area contributed by atoms with Crippen molar-refractivity contribution in [3.05, 3.63) is 44.9 Å². The predicted octanol–water partition coefficient (Wildman–Crippen LogP) is 1.94. The van der Waals surface area contributed by atoms with E-state index in [9.17, 15) is 13.2 Å². The summed E-state index contributed by atoms with van der Waals surface area (Å²) in [5.74, 6) is 0.971. The summed E-state index contributed by atoms with van der Waals surface area (Å²) in [6.07, 6.45) is 1.21. The highest BCUT2D eigenvalue weighted by Crippen LogP contribution is 2.27. The molecule has 0 aromatic carbocycles. The Morgan fingerprint density at radius 3 is 2.71 bits per heavy atom. The predicted molar refractivity (Wildman–Crippen MR) is 94.9 cm³/mol. The minimum Gasteiger partial charge on any atom is -0.309 e. The molecule has 0 radical (unpaired) electrons. The smallest absolute Gasteiger partial charge is 0.259 e. The Bertz CT molecular complexity index is 1070. The van der Waals surface area contributed by atoms with E-state index in [-0.39, 0.29) is 10.5 Å². The molecule has 3 N–H and O–H groups in total. The number of aromatic nitrogens is 3. The molecule has 0 atom stereocenters. The molecule has 10 heteroatoms.